The van der Waals surface area contributed by atoms with Gasteiger partial charge in [-0.25, -0.2) is 0 Å². The largest absolute Gasteiger partial charge is 0.495 e. The summed E-state index contributed by atoms with van der Waals surface area (Å²) in [5, 5.41) is 11.0. The van der Waals surface area contributed by atoms with Crippen molar-refractivity contribution in [2.75, 3.05) is 12.4 Å². The number of rotatable bonds is 7. The van der Waals surface area contributed by atoms with Gasteiger partial charge >= 0.3 is 5.97 Å². The number of aliphatic carboxylic acids is 1. The second-order valence-electron chi connectivity index (χ2n) is 4.37. The van der Waals surface area contributed by atoms with E-state index in [1.54, 1.807) is 0 Å². The Morgan fingerprint density at radius 2 is 2.05 bits per heavy atom. The predicted molar refractivity (Wildman–Crippen MR) is 76.3 cm³/mol. The molecule has 0 fully saturated rings. The first kappa shape index (κ1) is 17.9. The number of carbonyl (C=O) groups excluding carboxylic acids is 1. The van der Waals surface area contributed by atoms with E-state index in [1.165, 1.54) is 19.2 Å². The van der Waals surface area contributed by atoms with Gasteiger partial charge in [0.25, 0.3) is 10.1 Å². The Hall–Kier alpha value is -2.17. The number of hydrogen-bond acceptors (Lipinski definition) is 6. The normalized spacial score (nSPS) is 12.5. The molecule has 5 N–H and O–H groups in total. The minimum atomic E-state index is -4.51. The lowest BCUT2D eigenvalue weighted by Crippen LogP contribution is -2.31. The van der Waals surface area contributed by atoms with Crippen LogP contribution >= 0.6 is 0 Å². The fraction of sp³-hybridized carbons (Fsp3) is 0.333. The zero-order valence-electron chi connectivity index (χ0n) is 11.6. The van der Waals surface area contributed by atoms with Gasteiger partial charge in [0.05, 0.1) is 7.11 Å². The van der Waals surface area contributed by atoms with Crippen LogP contribution in [0, 0.1) is 0 Å². The molecule has 0 spiro atoms. The van der Waals surface area contributed by atoms with Crippen LogP contribution in [0.4, 0.5) is 5.69 Å². The smallest absolute Gasteiger partial charge is 0.320 e. The van der Waals surface area contributed by atoms with E-state index in [2.05, 4.69) is 5.32 Å². The maximum Gasteiger partial charge on any atom is 0.320 e. The number of amides is 1. The van der Waals surface area contributed by atoms with E-state index in [0.717, 1.165) is 6.07 Å². The molecule has 1 amide bonds. The van der Waals surface area contributed by atoms with E-state index < -0.39 is 32.9 Å². The lowest BCUT2D eigenvalue weighted by atomic mass is 10.1. The van der Waals surface area contributed by atoms with Crippen LogP contribution in [0.5, 0.6) is 5.75 Å². The zero-order valence-corrected chi connectivity index (χ0v) is 12.5. The number of carbonyl (C=O) groups is 2. The Balaban J connectivity index is 2.82. The van der Waals surface area contributed by atoms with Crippen LogP contribution in [0.15, 0.2) is 23.1 Å². The predicted octanol–water partition coefficient (Wildman–Crippen LogP) is 0.0725. The Labute approximate surface area is 126 Å². The van der Waals surface area contributed by atoms with Crippen LogP contribution in [0.3, 0.4) is 0 Å². The van der Waals surface area contributed by atoms with Crippen molar-refractivity contribution in [1.82, 2.24) is 0 Å². The lowest BCUT2D eigenvalue weighted by molar-refractivity contribution is -0.138. The van der Waals surface area contributed by atoms with E-state index in [4.69, 9.17) is 20.1 Å². The third-order valence-corrected chi connectivity index (χ3v) is 3.60. The van der Waals surface area contributed by atoms with Crippen LogP contribution in [0.25, 0.3) is 0 Å². The Bertz CT molecular complexity index is 672. The molecule has 0 bridgehead atoms. The molecule has 0 aliphatic heterocycles. The summed E-state index contributed by atoms with van der Waals surface area (Å²) in [5.74, 6) is -1.83. The highest BCUT2D eigenvalue weighted by molar-refractivity contribution is 7.86. The molecule has 0 aromatic heterocycles. The summed E-state index contributed by atoms with van der Waals surface area (Å²) in [7, 11) is -3.28. The monoisotopic (exact) mass is 332 g/mol. The van der Waals surface area contributed by atoms with Crippen molar-refractivity contribution >= 4 is 27.7 Å². The molecule has 1 aromatic carbocycles. The second kappa shape index (κ2) is 7.20. The average Bonchev–Trinajstić information content (AvgIpc) is 2.43. The van der Waals surface area contributed by atoms with Gasteiger partial charge in [0, 0.05) is 12.1 Å². The van der Waals surface area contributed by atoms with Gasteiger partial charge in [-0.05, 0) is 24.6 Å². The fourth-order valence-electron chi connectivity index (χ4n) is 1.59. The van der Waals surface area contributed by atoms with Gasteiger partial charge in [-0.3, -0.25) is 14.1 Å². The molecule has 1 atom stereocenters. The molecule has 0 aliphatic carbocycles. The number of carboxylic acids is 1. The van der Waals surface area contributed by atoms with E-state index in [1.807, 2.05) is 0 Å². The van der Waals surface area contributed by atoms with Crippen LogP contribution in [-0.2, 0) is 19.7 Å². The number of methoxy groups -OCH3 is 1. The molecule has 10 heteroatoms. The van der Waals surface area contributed by atoms with Crippen LogP contribution in [0.2, 0.25) is 0 Å². The third-order valence-electron chi connectivity index (χ3n) is 2.72. The molecular weight excluding hydrogens is 316 g/mol. The van der Waals surface area contributed by atoms with E-state index >= 15 is 0 Å². The Morgan fingerprint density at radius 1 is 1.41 bits per heavy atom. The van der Waals surface area contributed by atoms with Gasteiger partial charge in [0.2, 0.25) is 5.91 Å². The summed E-state index contributed by atoms with van der Waals surface area (Å²) in [6.07, 6.45) is -0.219. The maximum absolute atomic E-state index is 11.7. The van der Waals surface area contributed by atoms with Crippen molar-refractivity contribution in [3.05, 3.63) is 18.2 Å². The number of benzene rings is 1. The quantitative estimate of drug-likeness (QED) is 0.511. The van der Waals surface area contributed by atoms with Gasteiger partial charge in [-0.15, -0.1) is 0 Å². The number of anilines is 1. The first-order valence-corrected chi connectivity index (χ1v) is 7.53. The van der Waals surface area contributed by atoms with E-state index in [9.17, 15) is 18.0 Å². The highest BCUT2D eigenvalue weighted by atomic mass is 32.2. The highest BCUT2D eigenvalue weighted by Crippen LogP contribution is 2.26. The number of carboxylic acid groups (broad SMARTS) is 1. The topological polar surface area (TPSA) is 156 Å². The summed E-state index contributed by atoms with van der Waals surface area (Å²) in [4.78, 5) is 21.7. The summed E-state index contributed by atoms with van der Waals surface area (Å²) >= 11 is 0. The van der Waals surface area contributed by atoms with Gasteiger partial charge in [0.1, 0.15) is 16.7 Å². The lowest BCUT2D eigenvalue weighted by Gasteiger charge is -2.10. The first-order valence-electron chi connectivity index (χ1n) is 6.09. The van der Waals surface area contributed by atoms with Crippen LogP contribution in [-0.4, -0.2) is 43.1 Å². The van der Waals surface area contributed by atoms with Gasteiger partial charge < -0.3 is 20.9 Å². The number of hydrogen-bond donors (Lipinski definition) is 4. The first-order chi connectivity index (χ1) is 10.1. The van der Waals surface area contributed by atoms with E-state index in [0.29, 0.717) is 0 Å². The number of nitrogens with two attached hydrogens (primary N) is 1. The molecule has 0 saturated heterocycles. The third kappa shape index (κ3) is 4.98. The zero-order chi connectivity index (χ0) is 16.9. The average molecular weight is 332 g/mol. The van der Waals surface area contributed by atoms with Gasteiger partial charge in [0.15, 0.2) is 0 Å². The Morgan fingerprint density at radius 3 is 2.55 bits per heavy atom. The fourth-order valence-corrected chi connectivity index (χ4v) is 2.27. The van der Waals surface area contributed by atoms with E-state index in [-0.39, 0.29) is 24.3 Å². The van der Waals surface area contributed by atoms with Crippen LogP contribution in [0.1, 0.15) is 12.8 Å². The highest BCUT2D eigenvalue weighted by Gasteiger charge is 2.18. The molecular formula is C12H16N2O7S. The summed E-state index contributed by atoms with van der Waals surface area (Å²) in [5.41, 5.74) is 5.38. The van der Waals surface area contributed by atoms with Crippen molar-refractivity contribution in [2.24, 2.45) is 5.73 Å². The van der Waals surface area contributed by atoms with Crippen molar-refractivity contribution in [3.63, 3.8) is 0 Å². The Kier molecular flexibility index (Phi) is 5.85. The summed E-state index contributed by atoms with van der Waals surface area (Å²) in [6, 6.07) is 2.52. The van der Waals surface area contributed by atoms with Crippen molar-refractivity contribution in [1.29, 1.82) is 0 Å². The number of nitrogens with one attached hydrogen (secondary N) is 1. The van der Waals surface area contributed by atoms with Gasteiger partial charge in [-0.2, -0.15) is 8.42 Å². The van der Waals surface area contributed by atoms with Crippen molar-refractivity contribution < 1.29 is 32.4 Å². The molecule has 22 heavy (non-hydrogen) atoms. The standard InChI is InChI=1S/C12H16N2O7S/c1-21-9-4-2-7(6-10(9)22(18,19)20)14-11(15)5-3-8(13)12(16)17/h2,4,6,8H,3,5,13H2,1H3,(H,14,15)(H,16,17)(H,18,19,20)/t8-/m0/s1. The summed E-state index contributed by atoms with van der Waals surface area (Å²) in [6.45, 7) is 0. The number of ether oxygens (including phenoxy) is 1. The molecule has 1 rings (SSSR count). The molecule has 9 nitrogen and oxygen atoms in total. The van der Waals surface area contributed by atoms with Crippen molar-refractivity contribution in [2.45, 2.75) is 23.8 Å². The minimum absolute atomic E-state index is 0.0670. The molecule has 122 valence electrons. The molecule has 0 aliphatic rings. The molecule has 1 aromatic rings. The molecule has 0 heterocycles. The second-order valence-corrected chi connectivity index (χ2v) is 5.76. The summed E-state index contributed by atoms with van der Waals surface area (Å²) < 4.78 is 36.3. The molecule has 0 radical (unpaired) electrons. The van der Waals surface area contributed by atoms with Crippen molar-refractivity contribution in [3.8, 4) is 5.75 Å². The van der Waals surface area contributed by atoms with Gasteiger partial charge in [-0.1, -0.05) is 0 Å². The minimum Gasteiger partial charge on any atom is -0.495 e. The SMILES string of the molecule is COc1ccc(NC(=O)CC[C@H](N)C(=O)O)cc1S(=O)(=O)O. The molecule has 0 unspecified atom stereocenters. The molecule has 0 saturated carbocycles. The van der Waals surface area contributed by atoms with Crippen LogP contribution < -0.4 is 15.8 Å². The maximum atomic E-state index is 11.7.